The number of methoxy groups -OCH3 is 3. The Kier molecular flexibility index (Phi) is 26.5. The zero-order valence-corrected chi connectivity index (χ0v) is 51.0. The van der Waals surface area contributed by atoms with E-state index in [1.807, 2.05) is 45.1 Å². The van der Waals surface area contributed by atoms with Crippen LogP contribution in [0, 0.1) is 41.4 Å². The van der Waals surface area contributed by atoms with E-state index in [1.165, 1.54) is 14.2 Å². The molecule has 0 aromatic rings. The summed E-state index contributed by atoms with van der Waals surface area (Å²) in [5, 5.41) is 64.3. The minimum absolute atomic E-state index is 0.0155. The molecule has 1 unspecified atom stereocenters. The number of rotatable bonds is 12. The molecule has 0 aromatic heterocycles. The van der Waals surface area contributed by atoms with Gasteiger partial charge in [-0.15, -0.1) is 0 Å². The van der Waals surface area contributed by atoms with Crippen LogP contribution in [0.25, 0.3) is 0 Å². The third-order valence-corrected chi connectivity index (χ3v) is 19.4. The van der Waals surface area contributed by atoms with Crippen molar-refractivity contribution in [2.45, 2.75) is 205 Å². The van der Waals surface area contributed by atoms with Crippen molar-refractivity contribution in [1.82, 2.24) is 4.90 Å². The molecule has 3 saturated heterocycles. The van der Waals surface area contributed by atoms with Gasteiger partial charge in [-0.1, -0.05) is 77.7 Å². The summed E-state index contributed by atoms with van der Waals surface area (Å²) in [5.41, 5.74) is 2.02. The number of carbonyl (C=O) groups excluding carboxylic acids is 5. The lowest BCUT2D eigenvalue weighted by Crippen LogP contribution is -2.61. The molecule has 6 N–H and O–H groups in total. The van der Waals surface area contributed by atoms with Crippen LogP contribution >= 0.6 is 0 Å². The second kappa shape index (κ2) is 31.6. The number of hydrogen-bond donors (Lipinski definition) is 6. The molecule has 470 valence electrons. The Balaban J connectivity index is 1.39. The highest BCUT2D eigenvalue weighted by atomic mass is 32.2. The monoisotopic (exact) mass is 1190 g/mol. The zero-order chi connectivity index (χ0) is 61.7. The fourth-order valence-electron chi connectivity index (χ4n) is 12.4. The van der Waals surface area contributed by atoms with Gasteiger partial charge in [0.1, 0.15) is 54.2 Å². The summed E-state index contributed by atoms with van der Waals surface area (Å²) in [6.45, 7) is 16.5. The molecule has 20 atom stereocenters. The maximum absolute atomic E-state index is 14.7. The van der Waals surface area contributed by atoms with Crippen molar-refractivity contribution in [3.05, 3.63) is 59.8 Å². The van der Waals surface area contributed by atoms with Crippen molar-refractivity contribution in [3.8, 4) is 0 Å². The van der Waals surface area contributed by atoms with E-state index in [0.717, 1.165) is 10.5 Å². The van der Waals surface area contributed by atoms with E-state index in [4.69, 9.17) is 33.2 Å². The van der Waals surface area contributed by atoms with Crippen LogP contribution in [0.4, 0.5) is 0 Å². The van der Waals surface area contributed by atoms with Crippen LogP contribution in [0.2, 0.25) is 0 Å². The van der Waals surface area contributed by atoms with E-state index in [2.05, 4.69) is 19.6 Å². The minimum Gasteiger partial charge on any atom is -0.460 e. The van der Waals surface area contributed by atoms with Crippen molar-refractivity contribution in [3.63, 3.8) is 0 Å². The number of esters is 2. The molecule has 4 aliphatic heterocycles. The average molecular weight is 1190 g/mol. The molecule has 1 amide bonds. The van der Waals surface area contributed by atoms with Crippen molar-refractivity contribution < 1.29 is 96.2 Å². The molecule has 5 aliphatic rings. The number of hydrogen-bond acceptors (Lipinski definition) is 20. The standard InChI is InChI=1S/C61H95NO20S/c1-34-17-13-12-14-18-35(2)48(76-9)29-43-22-20-40(7)61(73,82-43)57(69)58(70)62-24-16-15-19-45(62)60(72)80-49(30-46(64)37(4)26-39(6)53(66)56(78-11)41(8)36(3)25-34)38(5)27-42-21-23-47(50(28-42)77-10)79-52(65)33-83(74,75)32-44-54(67)55(68)51(31-63)81-59(44)71/h12-14,17-18,26,34,36-38,40,42-45,47-51,53-56,59,63,66-68,71,73H,8,15-16,19-25,27-33H2,1-7,9-11H3/b14-12+,17-13+,35-18+,39-26+/t34-,36-,37-,38-,40-,42+,43+,44-,45+,47-,48+,49+,50-,51-,53-,54-,55+,56+,59?,61-/m1/s1. The molecule has 0 aromatic carbocycles. The number of carbonyl (C=O) groups is 5. The summed E-state index contributed by atoms with van der Waals surface area (Å²) in [5.74, 6) is -12.8. The number of nitrogens with zero attached hydrogens (tertiary/aromatic N) is 1. The van der Waals surface area contributed by atoms with Gasteiger partial charge in [-0.2, -0.15) is 0 Å². The van der Waals surface area contributed by atoms with E-state index in [0.29, 0.717) is 62.5 Å². The molecule has 2 bridgehead atoms. The summed E-state index contributed by atoms with van der Waals surface area (Å²) in [4.78, 5) is 72.2. The Morgan fingerprint density at radius 3 is 2.24 bits per heavy atom. The van der Waals surface area contributed by atoms with Gasteiger partial charge >= 0.3 is 11.9 Å². The molecule has 4 heterocycles. The number of fused-ring (bicyclic) bond motifs is 3. The number of sulfone groups is 1. The topological polar surface area (TPSA) is 309 Å². The van der Waals surface area contributed by atoms with Crippen LogP contribution < -0.4 is 0 Å². The molecular formula is C61H95NO20S. The van der Waals surface area contributed by atoms with Gasteiger partial charge < -0.3 is 68.7 Å². The molecular weight excluding hydrogens is 1100 g/mol. The maximum Gasteiger partial charge on any atom is 0.329 e. The van der Waals surface area contributed by atoms with E-state index < -0.39 is 154 Å². The lowest BCUT2D eigenvalue weighted by molar-refractivity contribution is -0.265. The smallest absolute Gasteiger partial charge is 0.329 e. The SMILES string of the molecule is C=C1[C@H](C)C[C@H](C)/C=C/C=C/C=C(\C)[C@@H](OC)C[C@@H]2CC[C@@H](C)[C@@](O)(O2)C(=O)C(=O)N2CCCC[C@H]2C(=O)O[C@H]([C@H](C)C[C@@H]2CC[C@@H](OC(=O)CS(=O)(=O)C[C@H]3C(O)O[C@H](CO)[C@H](O)[C@@H]3O)[C@H](OC)C2)CC(=O)[C@H](C)/C=C(\C)[C@@H](O)[C@H]1OC. The van der Waals surface area contributed by atoms with Crippen LogP contribution in [-0.4, -0.2) is 199 Å². The summed E-state index contributed by atoms with van der Waals surface area (Å²) < 4.78 is 67.1. The highest BCUT2D eigenvalue weighted by Crippen LogP contribution is 2.39. The van der Waals surface area contributed by atoms with Gasteiger partial charge in [0.2, 0.25) is 5.79 Å². The highest BCUT2D eigenvalue weighted by Gasteiger charge is 2.53. The summed E-state index contributed by atoms with van der Waals surface area (Å²) in [6.07, 6.45) is 3.11. The van der Waals surface area contributed by atoms with Gasteiger partial charge in [0.15, 0.2) is 16.1 Å². The van der Waals surface area contributed by atoms with Crippen LogP contribution in [0.1, 0.15) is 126 Å². The summed E-state index contributed by atoms with van der Waals surface area (Å²) in [6, 6.07) is -1.24. The van der Waals surface area contributed by atoms with E-state index in [-0.39, 0.29) is 55.8 Å². The largest absolute Gasteiger partial charge is 0.460 e. The van der Waals surface area contributed by atoms with Gasteiger partial charge in [0.25, 0.3) is 11.7 Å². The number of aliphatic hydroxyl groups excluding tert-OH is 5. The molecule has 4 fully saturated rings. The number of cyclic esters (lactones) is 1. The number of piperidine rings is 1. The molecule has 1 aliphatic carbocycles. The number of allylic oxidation sites excluding steroid dienone is 6. The van der Waals surface area contributed by atoms with Crippen LogP contribution in [0.15, 0.2) is 59.8 Å². The fourth-order valence-corrected chi connectivity index (χ4v) is 13.9. The molecule has 83 heavy (non-hydrogen) atoms. The van der Waals surface area contributed by atoms with Crippen molar-refractivity contribution in [1.29, 1.82) is 0 Å². The lowest BCUT2D eigenvalue weighted by atomic mass is 9.78. The Labute approximate surface area is 490 Å². The molecule has 0 radical (unpaired) electrons. The Morgan fingerprint density at radius 2 is 1.58 bits per heavy atom. The first kappa shape index (κ1) is 69.7. The maximum atomic E-state index is 14.7. The molecule has 1 saturated carbocycles. The first-order valence-electron chi connectivity index (χ1n) is 29.4. The first-order valence-corrected chi connectivity index (χ1v) is 31.3. The molecule has 22 heteroatoms. The third-order valence-electron chi connectivity index (χ3n) is 17.8. The van der Waals surface area contributed by atoms with Crippen LogP contribution in [0.3, 0.4) is 0 Å². The number of Topliss-reactive ketones (excluding diaryl/α,β-unsaturated/α-hetero) is 2. The van der Waals surface area contributed by atoms with E-state index in [9.17, 15) is 63.0 Å². The predicted molar refractivity (Wildman–Crippen MR) is 305 cm³/mol. The fraction of sp³-hybridized carbons (Fsp3) is 0.754. The first-order chi connectivity index (χ1) is 39.1. The Morgan fingerprint density at radius 1 is 0.867 bits per heavy atom. The van der Waals surface area contributed by atoms with Crippen molar-refractivity contribution in [2.24, 2.45) is 41.4 Å². The quantitative estimate of drug-likeness (QED) is 0.0907. The zero-order valence-electron chi connectivity index (χ0n) is 50.2. The Hall–Kier alpha value is -4.04. The number of aliphatic hydroxyl groups is 6. The molecule has 0 spiro atoms. The van der Waals surface area contributed by atoms with Crippen LogP contribution in [-0.2, 0) is 67.0 Å². The summed E-state index contributed by atoms with van der Waals surface area (Å²) in [7, 11) is 0.132. The van der Waals surface area contributed by atoms with Gasteiger partial charge in [-0.3, -0.25) is 19.2 Å². The number of ether oxygens (including phenoxy) is 7. The predicted octanol–water partition coefficient (Wildman–Crippen LogP) is 4.18. The number of ketones is 2. The van der Waals surface area contributed by atoms with Crippen LogP contribution in [0.5, 0.6) is 0 Å². The molecule has 5 rings (SSSR count). The normalized spacial score (nSPS) is 40.0. The molecule has 21 nitrogen and oxygen atoms in total. The van der Waals surface area contributed by atoms with Crippen molar-refractivity contribution in [2.75, 3.05) is 46.0 Å². The van der Waals surface area contributed by atoms with E-state index in [1.54, 1.807) is 34.0 Å². The van der Waals surface area contributed by atoms with Gasteiger partial charge in [0.05, 0.1) is 42.7 Å². The second-order valence-electron chi connectivity index (χ2n) is 24.2. The average Bonchev–Trinajstić information content (AvgIpc) is 3.45. The van der Waals surface area contributed by atoms with Gasteiger partial charge in [-0.25, -0.2) is 13.2 Å². The minimum atomic E-state index is -4.35. The summed E-state index contributed by atoms with van der Waals surface area (Å²) >= 11 is 0. The highest BCUT2D eigenvalue weighted by molar-refractivity contribution is 7.92. The third kappa shape index (κ3) is 18.5. The van der Waals surface area contributed by atoms with Gasteiger partial charge in [0, 0.05) is 52.6 Å². The van der Waals surface area contributed by atoms with Gasteiger partial charge in [-0.05, 0) is 118 Å². The Bertz CT molecular complexity index is 2460. The van der Waals surface area contributed by atoms with Crippen molar-refractivity contribution >= 4 is 39.2 Å². The lowest BCUT2D eigenvalue weighted by Gasteiger charge is -2.42. The number of amides is 1. The van der Waals surface area contributed by atoms with E-state index >= 15 is 0 Å². The second-order valence-corrected chi connectivity index (χ2v) is 26.3.